The number of hydrogen-bond acceptors (Lipinski definition) is 6. The van der Waals surface area contributed by atoms with E-state index in [4.69, 9.17) is 9.47 Å². The van der Waals surface area contributed by atoms with Crippen LogP contribution >= 0.6 is 0 Å². The Bertz CT molecular complexity index is 855. The van der Waals surface area contributed by atoms with Gasteiger partial charge in [0.2, 0.25) is 5.95 Å². The molecule has 3 fully saturated rings. The van der Waals surface area contributed by atoms with Crippen LogP contribution in [0, 0.1) is 17.8 Å². The molecular formula is C21H29F3N4O3. The third kappa shape index (κ3) is 4.41. The first-order valence-electron chi connectivity index (χ1n) is 11.3. The molecule has 0 spiro atoms. The van der Waals surface area contributed by atoms with Gasteiger partial charge < -0.3 is 19.7 Å². The number of hydrogen-bond donors (Lipinski definition) is 1. The molecule has 1 aromatic rings. The number of halogens is 3. The van der Waals surface area contributed by atoms with E-state index in [9.17, 15) is 18.0 Å². The molecule has 5 rings (SSSR count). The van der Waals surface area contributed by atoms with E-state index in [-0.39, 0.29) is 37.1 Å². The minimum atomic E-state index is -4.37. The van der Waals surface area contributed by atoms with E-state index < -0.39 is 12.2 Å². The monoisotopic (exact) mass is 442 g/mol. The Morgan fingerprint density at radius 2 is 2.03 bits per heavy atom. The van der Waals surface area contributed by atoms with Crippen molar-refractivity contribution < 1.29 is 22.6 Å². The summed E-state index contributed by atoms with van der Waals surface area (Å²) in [5.41, 5.74) is -0.319. The Morgan fingerprint density at radius 3 is 2.71 bits per heavy atom. The van der Waals surface area contributed by atoms with Crippen LogP contribution in [-0.4, -0.2) is 60.8 Å². The standard InChI is InChI=1S/C21H29F3N4O3/c22-21(23,24)17-2-6-28-19(29)10-18(25-11-16-15-9-14(15)12-31-16)26-20(28)27(17)5-1-13-3-7-30-8-4-13/h10,13-17,25H,1-9,11-12H2/t14?,15?,16-,17+/m1/s1. The molecule has 1 saturated carbocycles. The highest BCUT2D eigenvalue weighted by atomic mass is 19.4. The molecule has 4 atom stereocenters. The van der Waals surface area contributed by atoms with Crippen molar-refractivity contribution in [1.82, 2.24) is 9.55 Å². The average Bonchev–Trinajstić information content (AvgIpc) is 3.42. The molecule has 1 aliphatic carbocycles. The first-order chi connectivity index (χ1) is 14.9. The molecule has 7 nitrogen and oxygen atoms in total. The Hall–Kier alpha value is -1.81. The van der Waals surface area contributed by atoms with E-state index in [1.54, 1.807) is 0 Å². The molecule has 3 aliphatic heterocycles. The second-order valence-electron chi connectivity index (χ2n) is 9.23. The van der Waals surface area contributed by atoms with Gasteiger partial charge in [0.15, 0.2) is 0 Å². The van der Waals surface area contributed by atoms with Crippen LogP contribution in [0.3, 0.4) is 0 Å². The maximum Gasteiger partial charge on any atom is 0.408 e. The molecule has 31 heavy (non-hydrogen) atoms. The van der Waals surface area contributed by atoms with Crippen LogP contribution in [0.2, 0.25) is 0 Å². The number of nitrogens with zero attached hydrogens (tertiary/aromatic N) is 3. The summed E-state index contributed by atoms with van der Waals surface area (Å²) in [7, 11) is 0. The summed E-state index contributed by atoms with van der Waals surface area (Å²) in [6.07, 6.45) is -0.926. The van der Waals surface area contributed by atoms with Gasteiger partial charge in [-0.25, -0.2) is 0 Å². The number of rotatable bonds is 6. The Labute approximate surface area is 178 Å². The van der Waals surface area contributed by atoms with Gasteiger partial charge in [0.05, 0.1) is 12.7 Å². The quantitative estimate of drug-likeness (QED) is 0.731. The summed E-state index contributed by atoms with van der Waals surface area (Å²) in [6, 6.07) is -0.243. The first-order valence-corrected chi connectivity index (χ1v) is 11.3. The first kappa shape index (κ1) is 21.1. The minimum absolute atomic E-state index is 0.0227. The zero-order valence-electron chi connectivity index (χ0n) is 17.4. The van der Waals surface area contributed by atoms with E-state index >= 15 is 0 Å². The molecule has 1 aromatic heterocycles. The molecule has 4 heterocycles. The zero-order chi connectivity index (χ0) is 21.6. The van der Waals surface area contributed by atoms with Crippen molar-refractivity contribution in [3.63, 3.8) is 0 Å². The maximum absolute atomic E-state index is 13.8. The normalized spacial score (nSPS) is 30.7. The molecule has 0 bridgehead atoms. The van der Waals surface area contributed by atoms with Gasteiger partial charge in [-0.1, -0.05) is 0 Å². The molecular weight excluding hydrogens is 413 g/mol. The van der Waals surface area contributed by atoms with Crippen molar-refractivity contribution in [2.24, 2.45) is 17.8 Å². The van der Waals surface area contributed by atoms with E-state index in [1.165, 1.54) is 22.0 Å². The van der Waals surface area contributed by atoms with Crippen LogP contribution in [0.1, 0.15) is 32.1 Å². The average molecular weight is 442 g/mol. The van der Waals surface area contributed by atoms with Crippen LogP contribution in [0.5, 0.6) is 0 Å². The van der Waals surface area contributed by atoms with Crippen molar-refractivity contribution in [3.8, 4) is 0 Å². The molecule has 1 N–H and O–H groups in total. The minimum Gasteiger partial charge on any atom is -0.381 e. The number of aromatic nitrogens is 2. The number of alkyl halides is 3. The van der Waals surface area contributed by atoms with Gasteiger partial charge in [0.1, 0.15) is 11.9 Å². The predicted octanol–water partition coefficient (Wildman–Crippen LogP) is 2.65. The fourth-order valence-electron chi connectivity index (χ4n) is 5.22. The third-order valence-electron chi connectivity index (χ3n) is 7.21. The van der Waals surface area contributed by atoms with Crippen LogP contribution < -0.4 is 15.8 Å². The second-order valence-corrected chi connectivity index (χ2v) is 9.23. The van der Waals surface area contributed by atoms with Gasteiger partial charge in [-0.05, 0) is 49.9 Å². The fraction of sp³-hybridized carbons (Fsp3) is 0.810. The fourth-order valence-corrected chi connectivity index (χ4v) is 5.22. The summed E-state index contributed by atoms with van der Waals surface area (Å²) in [5, 5.41) is 3.14. The van der Waals surface area contributed by atoms with Gasteiger partial charge in [0.25, 0.3) is 5.56 Å². The van der Waals surface area contributed by atoms with Crippen molar-refractivity contribution in [1.29, 1.82) is 0 Å². The van der Waals surface area contributed by atoms with Gasteiger partial charge >= 0.3 is 6.18 Å². The topological polar surface area (TPSA) is 68.6 Å². The van der Waals surface area contributed by atoms with Crippen molar-refractivity contribution in [2.75, 3.05) is 43.1 Å². The van der Waals surface area contributed by atoms with Gasteiger partial charge in [-0.15, -0.1) is 0 Å². The van der Waals surface area contributed by atoms with E-state index in [1.807, 2.05) is 0 Å². The lowest BCUT2D eigenvalue weighted by Gasteiger charge is -2.40. The lowest BCUT2D eigenvalue weighted by Crippen LogP contribution is -2.53. The van der Waals surface area contributed by atoms with Gasteiger partial charge in [-0.3, -0.25) is 9.36 Å². The van der Waals surface area contributed by atoms with Crippen LogP contribution in [-0.2, 0) is 16.0 Å². The summed E-state index contributed by atoms with van der Waals surface area (Å²) in [5.74, 6) is 1.96. The molecule has 2 unspecified atom stereocenters. The predicted molar refractivity (Wildman–Crippen MR) is 108 cm³/mol. The van der Waals surface area contributed by atoms with Gasteiger partial charge in [0, 0.05) is 38.9 Å². The SMILES string of the molecule is O=c1cc(NC[C@H]2OCC3CC32)nc2n1CC[C@@H](C(F)(F)F)N2CCC1CCOCC1. The van der Waals surface area contributed by atoms with Crippen molar-refractivity contribution in [2.45, 2.75) is 57.0 Å². The number of fused-ring (bicyclic) bond motifs is 2. The maximum atomic E-state index is 13.8. The summed E-state index contributed by atoms with van der Waals surface area (Å²) < 4.78 is 54.0. The van der Waals surface area contributed by atoms with Crippen molar-refractivity contribution in [3.05, 3.63) is 16.4 Å². The highest BCUT2D eigenvalue weighted by molar-refractivity contribution is 5.45. The Balaban J connectivity index is 1.36. The van der Waals surface area contributed by atoms with E-state index in [2.05, 4.69) is 10.3 Å². The van der Waals surface area contributed by atoms with Gasteiger partial charge in [-0.2, -0.15) is 18.2 Å². The van der Waals surface area contributed by atoms with Crippen LogP contribution in [0.15, 0.2) is 10.9 Å². The summed E-state index contributed by atoms with van der Waals surface area (Å²) >= 11 is 0. The Morgan fingerprint density at radius 1 is 1.23 bits per heavy atom. The molecule has 4 aliphatic rings. The third-order valence-corrected chi connectivity index (χ3v) is 7.21. The van der Waals surface area contributed by atoms with Crippen molar-refractivity contribution >= 4 is 11.8 Å². The lowest BCUT2D eigenvalue weighted by molar-refractivity contribution is -0.152. The van der Waals surface area contributed by atoms with Crippen LogP contribution in [0.25, 0.3) is 0 Å². The number of nitrogens with one attached hydrogen (secondary N) is 1. The Kier molecular flexibility index (Phi) is 5.62. The largest absolute Gasteiger partial charge is 0.408 e. The lowest BCUT2D eigenvalue weighted by atomic mass is 9.96. The molecule has 172 valence electrons. The molecule has 10 heteroatoms. The van der Waals surface area contributed by atoms with E-state index in [0.717, 1.165) is 19.4 Å². The summed E-state index contributed by atoms with van der Waals surface area (Å²) in [6.45, 7) is 2.84. The number of anilines is 2. The smallest absolute Gasteiger partial charge is 0.381 e. The molecule has 2 saturated heterocycles. The number of ether oxygens (including phenoxy) is 2. The molecule has 0 amide bonds. The summed E-state index contributed by atoms with van der Waals surface area (Å²) in [4.78, 5) is 18.5. The highest BCUT2D eigenvalue weighted by Gasteiger charge is 2.49. The second kappa shape index (κ2) is 8.27. The van der Waals surface area contributed by atoms with E-state index in [0.29, 0.717) is 49.8 Å². The molecule has 0 aromatic carbocycles. The molecule has 0 radical (unpaired) electrons. The highest BCUT2D eigenvalue weighted by Crippen LogP contribution is 2.48. The van der Waals surface area contributed by atoms with Crippen LogP contribution in [0.4, 0.5) is 24.9 Å². The zero-order valence-corrected chi connectivity index (χ0v) is 17.4.